The molecule has 0 aliphatic carbocycles. The molecule has 0 bridgehead atoms. The standard InChI is InChI=1S/C12H10N4O4/c13-12-11(16(17)18)10(14-6-15-12)7-1-2-8-9(5-7)20-4-3-19-8/h1-2,5-6H,3-4H2,(H2,13,14,15). The van der Waals surface area contributed by atoms with E-state index in [1.807, 2.05) is 0 Å². The van der Waals surface area contributed by atoms with Gasteiger partial charge < -0.3 is 15.2 Å². The molecule has 0 fully saturated rings. The van der Waals surface area contributed by atoms with Crippen molar-refractivity contribution in [3.8, 4) is 22.8 Å². The van der Waals surface area contributed by atoms with Crippen molar-refractivity contribution in [2.45, 2.75) is 0 Å². The van der Waals surface area contributed by atoms with Gasteiger partial charge in [0.1, 0.15) is 19.5 Å². The molecule has 0 unspecified atom stereocenters. The summed E-state index contributed by atoms with van der Waals surface area (Å²) >= 11 is 0. The third-order valence-electron chi connectivity index (χ3n) is 2.85. The molecule has 8 heteroatoms. The van der Waals surface area contributed by atoms with Crippen LogP contribution >= 0.6 is 0 Å². The van der Waals surface area contributed by atoms with Crippen molar-refractivity contribution in [2.24, 2.45) is 0 Å². The Morgan fingerprint density at radius 1 is 1.20 bits per heavy atom. The molecule has 2 aromatic rings. The van der Waals surface area contributed by atoms with Crippen LogP contribution in [0.1, 0.15) is 0 Å². The van der Waals surface area contributed by atoms with E-state index in [-0.39, 0.29) is 17.2 Å². The maximum atomic E-state index is 11.1. The van der Waals surface area contributed by atoms with Gasteiger partial charge in [-0.15, -0.1) is 0 Å². The Labute approximate surface area is 113 Å². The molecule has 102 valence electrons. The molecular weight excluding hydrogens is 264 g/mol. The van der Waals surface area contributed by atoms with E-state index in [1.54, 1.807) is 18.2 Å². The quantitative estimate of drug-likeness (QED) is 0.650. The molecule has 1 aromatic carbocycles. The Kier molecular flexibility index (Phi) is 2.82. The highest BCUT2D eigenvalue weighted by atomic mass is 16.6. The molecule has 1 aliphatic rings. The van der Waals surface area contributed by atoms with Gasteiger partial charge in [0.25, 0.3) is 0 Å². The summed E-state index contributed by atoms with van der Waals surface area (Å²) in [6.45, 7) is 0.914. The zero-order valence-electron chi connectivity index (χ0n) is 10.3. The van der Waals surface area contributed by atoms with E-state index in [9.17, 15) is 10.1 Å². The van der Waals surface area contributed by atoms with Crippen LogP contribution in [0.2, 0.25) is 0 Å². The summed E-state index contributed by atoms with van der Waals surface area (Å²) in [6, 6.07) is 5.00. The number of nitro groups is 1. The van der Waals surface area contributed by atoms with Gasteiger partial charge in [-0.3, -0.25) is 10.1 Å². The number of hydrogen-bond donors (Lipinski definition) is 1. The predicted molar refractivity (Wildman–Crippen MR) is 69.5 cm³/mol. The molecule has 3 rings (SSSR count). The van der Waals surface area contributed by atoms with Crippen molar-refractivity contribution in [1.82, 2.24) is 9.97 Å². The van der Waals surface area contributed by atoms with Crippen LogP contribution in [-0.4, -0.2) is 28.1 Å². The molecule has 2 N–H and O–H groups in total. The van der Waals surface area contributed by atoms with Gasteiger partial charge in [0.2, 0.25) is 5.82 Å². The van der Waals surface area contributed by atoms with Gasteiger partial charge in [-0.25, -0.2) is 9.97 Å². The van der Waals surface area contributed by atoms with Gasteiger partial charge in [-0.2, -0.15) is 0 Å². The average molecular weight is 274 g/mol. The van der Waals surface area contributed by atoms with Crippen LogP contribution < -0.4 is 15.2 Å². The first-order valence-corrected chi connectivity index (χ1v) is 5.81. The highest BCUT2D eigenvalue weighted by Gasteiger charge is 2.23. The second-order valence-electron chi connectivity index (χ2n) is 4.07. The number of nitrogen functional groups attached to an aromatic ring is 1. The Balaban J connectivity index is 2.14. The number of nitrogens with zero attached hydrogens (tertiary/aromatic N) is 3. The van der Waals surface area contributed by atoms with Crippen molar-refractivity contribution in [3.63, 3.8) is 0 Å². The summed E-state index contributed by atoms with van der Waals surface area (Å²) in [6.07, 6.45) is 1.19. The van der Waals surface area contributed by atoms with Crippen LogP contribution in [0.25, 0.3) is 11.3 Å². The lowest BCUT2D eigenvalue weighted by Gasteiger charge is -2.18. The van der Waals surface area contributed by atoms with Crippen molar-refractivity contribution in [2.75, 3.05) is 18.9 Å². The van der Waals surface area contributed by atoms with Gasteiger partial charge >= 0.3 is 5.69 Å². The van der Waals surface area contributed by atoms with Crippen LogP contribution in [-0.2, 0) is 0 Å². The van der Waals surface area contributed by atoms with Crippen LogP contribution in [0.5, 0.6) is 11.5 Å². The molecule has 0 saturated heterocycles. The number of rotatable bonds is 2. The molecule has 0 amide bonds. The second kappa shape index (κ2) is 4.65. The molecule has 1 aromatic heterocycles. The van der Waals surface area contributed by atoms with E-state index in [2.05, 4.69) is 9.97 Å². The van der Waals surface area contributed by atoms with Gasteiger partial charge in [-0.1, -0.05) is 0 Å². The number of anilines is 1. The summed E-state index contributed by atoms with van der Waals surface area (Å²) < 4.78 is 10.8. The zero-order chi connectivity index (χ0) is 14.1. The summed E-state index contributed by atoms with van der Waals surface area (Å²) in [5, 5.41) is 11.1. The molecule has 0 radical (unpaired) electrons. The summed E-state index contributed by atoms with van der Waals surface area (Å²) in [7, 11) is 0. The third-order valence-corrected chi connectivity index (χ3v) is 2.85. The van der Waals surface area contributed by atoms with Crippen molar-refractivity contribution >= 4 is 11.5 Å². The Hall–Kier alpha value is -2.90. The first-order valence-electron chi connectivity index (χ1n) is 5.81. The topological polar surface area (TPSA) is 113 Å². The van der Waals surface area contributed by atoms with E-state index in [1.165, 1.54) is 6.33 Å². The highest BCUT2D eigenvalue weighted by molar-refractivity contribution is 5.77. The summed E-state index contributed by atoms with van der Waals surface area (Å²) in [5.41, 5.74) is 5.91. The number of nitrogens with two attached hydrogens (primary N) is 1. The fourth-order valence-corrected chi connectivity index (χ4v) is 1.97. The molecule has 1 aliphatic heterocycles. The van der Waals surface area contributed by atoms with Gasteiger partial charge in [0.05, 0.1) is 4.92 Å². The summed E-state index contributed by atoms with van der Waals surface area (Å²) in [4.78, 5) is 18.1. The Morgan fingerprint density at radius 3 is 2.70 bits per heavy atom. The summed E-state index contributed by atoms with van der Waals surface area (Å²) in [5.74, 6) is 0.958. The van der Waals surface area contributed by atoms with Gasteiger partial charge in [-0.05, 0) is 18.2 Å². The van der Waals surface area contributed by atoms with Crippen LogP contribution in [0, 0.1) is 10.1 Å². The fraction of sp³-hybridized carbons (Fsp3) is 0.167. The number of ether oxygens (including phenoxy) is 2. The molecule has 0 atom stereocenters. The average Bonchev–Trinajstić information content (AvgIpc) is 2.46. The molecule has 0 spiro atoms. The fourth-order valence-electron chi connectivity index (χ4n) is 1.97. The predicted octanol–water partition coefficient (Wildman–Crippen LogP) is 1.41. The van der Waals surface area contributed by atoms with Crippen LogP contribution in [0.4, 0.5) is 11.5 Å². The minimum atomic E-state index is -0.596. The highest BCUT2D eigenvalue weighted by Crippen LogP contribution is 2.37. The number of aromatic nitrogens is 2. The number of hydrogen-bond acceptors (Lipinski definition) is 7. The van der Waals surface area contributed by atoms with Crippen molar-refractivity contribution in [1.29, 1.82) is 0 Å². The number of fused-ring (bicyclic) bond motifs is 1. The second-order valence-corrected chi connectivity index (χ2v) is 4.07. The van der Waals surface area contributed by atoms with Gasteiger partial charge in [0.15, 0.2) is 17.2 Å². The van der Waals surface area contributed by atoms with Crippen LogP contribution in [0.3, 0.4) is 0 Å². The smallest absolute Gasteiger partial charge is 0.337 e. The first-order chi connectivity index (χ1) is 9.66. The van der Waals surface area contributed by atoms with E-state index >= 15 is 0 Å². The molecule has 20 heavy (non-hydrogen) atoms. The van der Waals surface area contributed by atoms with E-state index in [4.69, 9.17) is 15.2 Å². The zero-order valence-corrected chi connectivity index (χ0v) is 10.3. The van der Waals surface area contributed by atoms with E-state index in [0.29, 0.717) is 30.3 Å². The SMILES string of the molecule is Nc1ncnc(-c2ccc3c(c2)OCCO3)c1[N+](=O)[O-]. The minimum absolute atomic E-state index is 0.152. The van der Waals surface area contributed by atoms with Gasteiger partial charge in [0, 0.05) is 5.56 Å². The Bertz CT molecular complexity index is 689. The lowest BCUT2D eigenvalue weighted by molar-refractivity contribution is -0.383. The molecule has 8 nitrogen and oxygen atoms in total. The largest absolute Gasteiger partial charge is 0.486 e. The maximum absolute atomic E-state index is 11.1. The monoisotopic (exact) mass is 274 g/mol. The normalized spacial score (nSPS) is 13.0. The first kappa shape index (κ1) is 12.2. The molecular formula is C12H10N4O4. The van der Waals surface area contributed by atoms with E-state index < -0.39 is 4.92 Å². The number of benzene rings is 1. The maximum Gasteiger partial charge on any atom is 0.337 e. The third kappa shape index (κ3) is 1.96. The lowest BCUT2D eigenvalue weighted by atomic mass is 10.1. The minimum Gasteiger partial charge on any atom is -0.486 e. The Morgan fingerprint density at radius 2 is 1.95 bits per heavy atom. The van der Waals surface area contributed by atoms with E-state index in [0.717, 1.165) is 0 Å². The molecule has 0 saturated carbocycles. The van der Waals surface area contributed by atoms with Crippen LogP contribution in [0.15, 0.2) is 24.5 Å². The lowest BCUT2D eigenvalue weighted by Crippen LogP contribution is -2.15. The van der Waals surface area contributed by atoms with Crippen molar-refractivity contribution in [3.05, 3.63) is 34.6 Å². The van der Waals surface area contributed by atoms with Crippen molar-refractivity contribution < 1.29 is 14.4 Å². The molecule has 2 heterocycles.